The Balaban J connectivity index is 1.65. The Hall–Kier alpha value is -2.91. The Morgan fingerprint density at radius 1 is 1.19 bits per heavy atom. The number of nitriles is 1. The Morgan fingerprint density at radius 2 is 2.04 bits per heavy atom. The second-order valence-electron chi connectivity index (χ2n) is 5.89. The molecule has 3 rings (SSSR count). The van der Waals surface area contributed by atoms with Gasteiger partial charge in [-0.2, -0.15) is 5.26 Å². The molecular weight excluding hydrogens is 350 g/mol. The predicted octanol–water partition coefficient (Wildman–Crippen LogP) is 2.75. The maximum Gasteiger partial charge on any atom is 0.246 e. The van der Waals surface area contributed by atoms with Gasteiger partial charge in [-0.15, -0.1) is 0 Å². The number of nitrogens with zero attached hydrogens (tertiary/aromatic N) is 5. The molecule has 2 heterocycles. The molecule has 0 unspecified atom stereocenters. The summed E-state index contributed by atoms with van der Waals surface area (Å²) in [6, 6.07) is 9.43. The molecule has 0 saturated carbocycles. The maximum atomic E-state index is 12.5. The van der Waals surface area contributed by atoms with Crippen molar-refractivity contribution in [2.24, 2.45) is 0 Å². The van der Waals surface area contributed by atoms with Crippen molar-refractivity contribution in [2.75, 3.05) is 31.1 Å². The van der Waals surface area contributed by atoms with Crippen LogP contribution in [0.2, 0.25) is 5.02 Å². The van der Waals surface area contributed by atoms with E-state index in [1.807, 2.05) is 28.0 Å². The highest BCUT2D eigenvalue weighted by Crippen LogP contribution is 2.17. The smallest absolute Gasteiger partial charge is 0.246 e. The summed E-state index contributed by atoms with van der Waals surface area (Å²) in [7, 11) is 0. The summed E-state index contributed by atoms with van der Waals surface area (Å²) in [5, 5.41) is 9.84. The fourth-order valence-electron chi connectivity index (χ4n) is 2.87. The summed E-state index contributed by atoms with van der Waals surface area (Å²) in [4.78, 5) is 24.6. The van der Waals surface area contributed by atoms with Crippen LogP contribution in [0.25, 0.3) is 6.08 Å². The first-order valence-corrected chi connectivity index (χ1v) is 8.74. The lowest BCUT2D eigenvalue weighted by Gasteiger charge is -2.22. The average molecular weight is 368 g/mol. The van der Waals surface area contributed by atoms with Crippen molar-refractivity contribution in [1.82, 2.24) is 14.9 Å². The minimum absolute atomic E-state index is 0.0357. The highest BCUT2D eigenvalue weighted by atomic mass is 35.5. The molecule has 0 aliphatic carbocycles. The predicted molar refractivity (Wildman–Crippen MR) is 101 cm³/mol. The molecule has 132 valence electrons. The van der Waals surface area contributed by atoms with Crippen LogP contribution >= 0.6 is 11.6 Å². The van der Waals surface area contributed by atoms with Gasteiger partial charge in [-0.1, -0.05) is 23.7 Å². The van der Waals surface area contributed by atoms with E-state index >= 15 is 0 Å². The van der Waals surface area contributed by atoms with Crippen LogP contribution in [-0.2, 0) is 4.79 Å². The second-order valence-corrected chi connectivity index (χ2v) is 6.33. The third-order valence-corrected chi connectivity index (χ3v) is 4.39. The van der Waals surface area contributed by atoms with Gasteiger partial charge in [-0.3, -0.25) is 4.79 Å². The van der Waals surface area contributed by atoms with Crippen LogP contribution in [-0.4, -0.2) is 47.0 Å². The van der Waals surface area contributed by atoms with E-state index in [-0.39, 0.29) is 5.91 Å². The SMILES string of the molecule is N#Cc1nccnc1N1CCCN(C(=O)/C=C/c2cccc(Cl)c2)CC1. The van der Waals surface area contributed by atoms with E-state index in [1.54, 1.807) is 24.4 Å². The summed E-state index contributed by atoms with van der Waals surface area (Å²) < 4.78 is 0. The van der Waals surface area contributed by atoms with Gasteiger partial charge >= 0.3 is 0 Å². The largest absolute Gasteiger partial charge is 0.352 e. The van der Waals surface area contributed by atoms with E-state index in [9.17, 15) is 10.1 Å². The number of carbonyl (C=O) groups is 1. The Morgan fingerprint density at radius 3 is 2.85 bits per heavy atom. The van der Waals surface area contributed by atoms with Crippen LogP contribution in [0.5, 0.6) is 0 Å². The molecule has 7 heteroatoms. The van der Waals surface area contributed by atoms with Crippen LogP contribution < -0.4 is 4.90 Å². The lowest BCUT2D eigenvalue weighted by atomic mass is 10.2. The van der Waals surface area contributed by atoms with Crippen LogP contribution in [0.4, 0.5) is 5.82 Å². The van der Waals surface area contributed by atoms with Crippen LogP contribution in [0, 0.1) is 11.3 Å². The number of rotatable bonds is 3. The van der Waals surface area contributed by atoms with Crippen molar-refractivity contribution in [1.29, 1.82) is 5.26 Å². The minimum Gasteiger partial charge on any atom is -0.352 e. The van der Waals surface area contributed by atoms with Crippen molar-refractivity contribution >= 4 is 29.4 Å². The second kappa shape index (κ2) is 8.45. The first kappa shape index (κ1) is 17.9. The van der Waals surface area contributed by atoms with Crippen molar-refractivity contribution < 1.29 is 4.79 Å². The fourth-order valence-corrected chi connectivity index (χ4v) is 3.07. The van der Waals surface area contributed by atoms with Gasteiger partial charge in [0.2, 0.25) is 5.91 Å². The molecular formula is C19H18ClN5O. The maximum absolute atomic E-state index is 12.5. The van der Waals surface area contributed by atoms with Crippen molar-refractivity contribution in [3.63, 3.8) is 0 Å². The van der Waals surface area contributed by atoms with E-state index in [0.717, 1.165) is 18.5 Å². The normalized spacial score (nSPS) is 14.9. The van der Waals surface area contributed by atoms with Gasteiger partial charge < -0.3 is 9.80 Å². The molecule has 0 N–H and O–H groups in total. The Kier molecular flexibility index (Phi) is 5.82. The number of amides is 1. The number of aromatic nitrogens is 2. The number of hydrogen-bond donors (Lipinski definition) is 0. The molecule has 0 bridgehead atoms. The van der Waals surface area contributed by atoms with Crippen LogP contribution in [0.3, 0.4) is 0 Å². The molecule has 1 aromatic heterocycles. The summed E-state index contributed by atoms with van der Waals surface area (Å²) in [5.74, 6) is 0.547. The van der Waals surface area contributed by atoms with Gasteiger partial charge in [0.15, 0.2) is 11.5 Å². The van der Waals surface area contributed by atoms with Crippen molar-refractivity contribution in [3.05, 3.63) is 59.0 Å². The molecule has 1 saturated heterocycles. The van der Waals surface area contributed by atoms with Gasteiger partial charge in [0, 0.05) is 49.7 Å². The van der Waals surface area contributed by atoms with E-state index in [0.29, 0.717) is 36.2 Å². The van der Waals surface area contributed by atoms with Crippen LogP contribution in [0.1, 0.15) is 17.7 Å². The topological polar surface area (TPSA) is 73.1 Å². The highest BCUT2D eigenvalue weighted by Gasteiger charge is 2.20. The summed E-state index contributed by atoms with van der Waals surface area (Å²) in [6.45, 7) is 2.58. The van der Waals surface area contributed by atoms with E-state index < -0.39 is 0 Å². The molecule has 1 fully saturated rings. The minimum atomic E-state index is -0.0357. The zero-order chi connectivity index (χ0) is 18.4. The third kappa shape index (κ3) is 4.38. The number of anilines is 1. The summed E-state index contributed by atoms with van der Waals surface area (Å²) in [5.41, 5.74) is 1.20. The number of hydrogen-bond acceptors (Lipinski definition) is 5. The third-order valence-electron chi connectivity index (χ3n) is 4.16. The molecule has 0 spiro atoms. The lowest BCUT2D eigenvalue weighted by molar-refractivity contribution is -0.125. The molecule has 1 amide bonds. The molecule has 0 atom stereocenters. The lowest BCUT2D eigenvalue weighted by Crippen LogP contribution is -2.34. The van der Waals surface area contributed by atoms with Gasteiger partial charge in [-0.25, -0.2) is 9.97 Å². The zero-order valence-electron chi connectivity index (χ0n) is 14.2. The van der Waals surface area contributed by atoms with Gasteiger partial charge in [0.05, 0.1) is 0 Å². The molecule has 1 aromatic carbocycles. The van der Waals surface area contributed by atoms with Gasteiger partial charge in [0.1, 0.15) is 6.07 Å². The molecule has 1 aliphatic heterocycles. The highest BCUT2D eigenvalue weighted by molar-refractivity contribution is 6.30. The Bertz CT molecular complexity index is 861. The van der Waals surface area contributed by atoms with Crippen molar-refractivity contribution in [2.45, 2.75) is 6.42 Å². The van der Waals surface area contributed by atoms with E-state index in [4.69, 9.17) is 11.6 Å². The standard InChI is InChI=1S/C19H18ClN5O/c20-16-4-1-3-15(13-16)5-6-18(26)24-9-2-10-25(12-11-24)19-17(14-21)22-7-8-23-19/h1,3-8,13H,2,9-12H2/b6-5+. The quantitative estimate of drug-likeness (QED) is 0.780. The number of benzene rings is 1. The van der Waals surface area contributed by atoms with Crippen molar-refractivity contribution in [3.8, 4) is 6.07 Å². The first-order valence-electron chi connectivity index (χ1n) is 8.36. The fraction of sp³-hybridized carbons (Fsp3) is 0.263. The first-order chi connectivity index (χ1) is 12.7. The van der Waals surface area contributed by atoms with Gasteiger partial charge in [0.25, 0.3) is 0 Å². The van der Waals surface area contributed by atoms with E-state index in [2.05, 4.69) is 16.0 Å². The monoisotopic (exact) mass is 367 g/mol. The Labute approximate surface area is 157 Å². The molecule has 26 heavy (non-hydrogen) atoms. The summed E-state index contributed by atoms with van der Waals surface area (Å²) in [6.07, 6.45) is 7.24. The molecule has 6 nitrogen and oxygen atoms in total. The van der Waals surface area contributed by atoms with E-state index in [1.165, 1.54) is 6.20 Å². The average Bonchev–Trinajstić information content (AvgIpc) is 2.92. The number of carbonyl (C=O) groups excluding carboxylic acids is 1. The zero-order valence-corrected chi connectivity index (χ0v) is 14.9. The molecule has 2 aromatic rings. The van der Waals surface area contributed by atoms with Gasteiger partial charge in [-0.05, 0) is 30.2 Å². The molecule has 0 radical (unpaired) electrons. The van der Waals surface area contributed by atoms with Crippen LogP contribution in [0.15, 0.2) is 42.7 Å². The summed E-state index contributed by atoms with van der Waals surface area (Å²) >= 11 is 5.96. The number of halogens is 1. The molecule has 1 aliphatic rings.